The number of rotatable bonds is 8. The molecule has 0 bridgehead atoms. The van der Waals surface area contributed by atoms with E-state index in [0.717, 1.165) is 0 Å². The lowest BCUT2D eigenvalue weighted by atomic mass is 10.0. The molecule has 0 aromatic rings. The number of amidine groups is 1. The van der Waals surface area contributed by atoms with Crippen molar-refractivity contribution in [3.8, 4) is 0 Å². The number of phosphoric acid groups is 3. The van der Waals surface area contributed by atoms with Gasteiger partial charge in [0.25, 0.3) is 0 Å². The number of hydrogen-bond acceptors (Lipinski definition) is 11. The molecule has 15 nitrogen and oxygen atoms in total. The Labute approximate surface area is 174 Å². The van der Waals surface area contributed by atoms with Gasteiger partial charge < -0.3 is 40.1 Å². The van der Waals surface area contributed by atoms with Gasteiger partial charge in [0.2, 0.25) is 0 Å². The molecule has 7 N–H and O–H groups in total. The molecule has 0 amide bonds. The summed E-state index contributed by atoms with van der Waals surface area (Å²) in [6.45, 7) is 4.20. The first kappa shape index (κ1) is 25.6. The monoisotopic (exact) mass is 513 g/mol. The van der Waals surface area contributed by atoms with Crippen LogP contribution in [0.4, 0.5) is 0 Å². The van der Waals surface area contributed by atoms with E-state index < -0.39 is 53.4 Å². The lowest BCUT2D eigenvalue weighted by Crippen LogP contribution is -2.47. The van der Waals surface area contributed by atoms with Gasteiger partial charge in [0.15, 0.2) is 6.23 Å². The molecular formula is C11H19ClN3O12P3. The average Bonchev–Trinajstić information content (AvgIpc) is 2.73. The fourth-order valence-electron chi connectivity index (χ4n) is 2.52. The van der Waals surface area contributed by atoms with Crippen molar-refractivity contribution in [2.45, 2.75) is 30.2 Å². The van der Waals surface area contributed by atoms with E-state index in [1.165, 1.54) is 24.1 Å². The van der Waals surface area contributed by atoms with Crippen LogP contribution in [0.2, 0.25) is 0 Å². The minimum Gasteiger partial charge on any atom is -0.388 e. The van der Waals surface area contributed by atoms with Gasteiger partial charge in [-0.2, -0.15) is 8.62 Å². The Morgan fingerprint density at radius 1 is 1.30 bits per heavy atom. The molecule has 0 saturated carbocycles. The van der Waals surface area contributed by atoms with Crippen molar-refractivity contribution in [3.63, 3.8) is 0 Å². The van der Waals surface area contributed by atoms with E-state index >= 15 is 0 Å². The number of phosphoric ester groups is 1. The normalized spacial score (nSPS) is 33.8. The van der Waals surface area contributed by atoms with Crippen LogP contribution in [0.25, 0.3) is 0 Å². The molecule has 6 atom stereocenters. The molecule has 0 radical (unpaired) electrons. The summed E-state index contributed by atoms with van der Waals surface area (Å²) in [5.74, 6) is 0.294. The second-order valence-electron chi connectivity index (χ2n) is 6.19. The van der Waals surface area contributed by atoms with Gasteiger partial charge in [0.1, 0.15) is 28.7 Å². The quantitative estimate of drug-likeness (QED) is 0.186. The van der Waals surface area contributed by atoms with E-state index in [1.54, 1.807) is 0 Å². The van der Waals surface area contributed by atoms with Gasteiger partial charge in [-0.25, -0.2) is 18.7 Å². The predicted octanol–water partition coefficient (Wildman–Crippen LogP) is 0.0707. The summed E-state index contributed by atoms with van der Waals surface area (Å²) >= 11 is 6.36. The number of nitrogens with zero attached hydrogens (tertiary/aromatic N) is 2. The smallest absolute Gasteiger partial charge is 0.388 e. The number of alkyl halides is 1. The zero-order valence-electron chi connectivity index (χ0n) is 15.1. The maximum atomic E-state index is 11.8. The van der Waals surface area contributed by atoms with E-state index in [9.17, 15) is 23.7 Å². The molecule has 30 heavy (non-hydrogen) atoms. The van der Waals surface area contributed by atoms with Crippen LogP contribution in [0.15, 0.2) is 29.7 Å². The topological polar surface area (TPSA) is 231 Å². The molecule has 0 aromatic carbocycles. The van der Waals surface area contributed by atoms with Gasteiger partial charge in [-0.15, -0.1) is 11.6 Å². The first-order valence-electron chi connectivity index (χ1n) is 7.74. The molecule has 2 heterocycles. The Hall–Kier alpha value is -0.630. The maximum Gasteiger partial charge on any atom is 0.490 e. The summed E-state index contributed by atoms with van der Waals surface area (Å²) in [5.41, 5.74) is 5.55. The van der Waals surface area contributed by atoms with Crippen molar-refractivity contribution >= 4 is 40.9 Å². The van der Waals surface area contributed by atoms with Crippen molar-refractivity contribution in [2.75, 3.05) is 6.61 Å². The third-order valence-electron chi connectivity index (χ3n) is 3.75. The molecule has 1 saturated heterocycles. The minimum absolute atomic E-state index is 0.132. The fraction of sp³-hybridized carbons (Fsp3) is 0.545. The summed E-state index contributed by atoms with van der Waals surface area (Å²) in [7, 11) is -16.6. The van der Waals surface area contributed by atoms with Crippen LogP contribution in [-0.4, -0.2) is 65.3 Å². The molecular weight excluding hydrogens is 495 g/mol. The summed E-state index contributed by atoms with van der Waals surface area (Å²) in [4.78, 5) is 39.4. The number of halogens is 1. The molecule has 2 aliphatic rings. The van der Waals surface area contributed by atoms with Gasteiger partial charge >= 0.3 is 23.5 Å². The van der Waals surface area contributed by atoms with Crippen molar-refractivity contribution in [3.05, 3.63) is 24.7 Å². The van der Waals surface area contributed by atoms with E-state index in [4.69, 9.17) is 36.8 Å². The van der Waals surface area contributed by atoms with E-state index in [0.29, 0.717) is 0 Å². The van der Waals surface area contributed by atoms with Crippen LogP contribution in [0, 0.1) is 0 Å². The zero-order chi connectivity index (χ0) is 23.1. The molecule has 0 aromatic heterocycles. The molecule has 2 aliphatic heterocycles. The Morgan fingerprint density at radius 3 is 2.43 bits per heavy atom. The Morgan fingerprint density at radius 2 is 1.90 bits per heavy atom. The highest BCUT2D eigenvalue weighted by molar-refractivity contribution is 7.66. The zero-order valence-corrected chi connectivity index (χ0v) is 18.5. The SMILES string of the molecule is C=C1N=C(N)C=CN1[C@@H]1O[C@H](COP(=O)(O)OP(=O)(O)OP(=O)(O)O)[C@@H](O)[C@@]1(C)Cl. The molecule has 2 rings (SSSR count). The number of ether oxygens (including phenoxy) is 1. The molecule has 172 valence electrons. The minimum atomic E-state index is -5.67. The third-order valence-corrected chi connectivity index (χ3v) is 7.96. The summed E-state index contributed by atoms with van der Waals surface area (Å²) < 4.78 is 51.0. The van der Waals surface area contributed by atoms with Crippen molar-refractivity contribution in [1.29, 1.82) is 0 Å². The van der Waals surface area contributed by atoms with E-state index in [-0.39, 0.29) is 11.7 Å². The number of nitrogens with two attached hydrogens (primary N) is 1. The van der Waals surface area contributed by atoms with E-state index in [1.807, 2.05) is 0 Å². The third kappa shape index (κ3) is 6.44. The largest absolute Gasteiger partial charge is 0.490 e. The summed E-state index contributed by atoms with van der Waals surface area (Å²) in [6.07, 6.45) is -1.05. The number of aliphatic imine (C=N–C) groups is 1. The Kier molecular flexibility index (Phi) is 7.45. The highest BCUT2D eigenvalue weighted by Crippen LogP contribution is 2.66. The van der Waals surface area contributed by atoms with Crippen LogP contribution >= 0.6 is 35.1 Å². The highest BCUT2D eigenvalue weighted by atomic mass is 35.5. The second-order valence-corrected chi connectivity index (χ2v) is 11.4. The van der Waals surface area contributed by atoms with E-state index in [2.05, 4.69) is 24.7 Å². The molecule has 0 aliphatic carbocycles. The number of aliphatic hydroxyl groups excluding tert-OH is 1. The van der Waals surface area contributed by atoms with Crippen LogP contribution in [0.5, 0.6) is 0 Å². The van der Waals surface area contributed by atoms with Crippen LogP contribution in [-0.2, 0) is 31.6 Å². The first-order chi connectivity index (χ1) is 13.4. The number of hydrogen-bond donors (Lipinski definition) is 6. The second kappa shape index (κ2) is 8.72. The first-order valence-corrected chi connectivity index (χ1v) is 12.6. The number of aliphatic hydroxyl groups is 1. The van der Waals surface area contributed by atoms with Gasteiger partial charge in [0, 0.05) is 6.20 Å². The Bertz CT molecular complexity index is 903. The van der Waals surface area contributed by atoms with Crippen molar-refractivity contribution in [1.82, 2.24) is 4.90 Å². The summed E-state index contributed by atoms with van der Waals surface area (Å²) in [6, 6.07) is 0. The van der Waals surface area contributed by atoms with Gasteiger partial charge in [0.05, 0.1) is 6.61 Å². The maximum absolute atomic E-state index is 11.8. The van der Waals surface area contributed by atoms with Gasteiger partial charge in [-0.05, 0) is 13.0 Å². The summed E-state index contributed by atoms with van der Waals surface area (Å²) in [5, 5.41) is 10.4. The predicted molar refractivity (Wildman–Crippen MR) is 100 cm³/mol. The Balaban J connectivity index is 2.06. The standard InChI is InChI=1S/C11H19ClN3O12P3/c1-6-14-8(13)3-4-15(6)10-11(2,12)9(16)7(25-10)5-24-29(20,21)27-30(22,23)26-28(17,18)19/h3-4,7,9-10,16H,1,5H2,2H3,(H2,13,14)(H,20,21)(H,22,23)(H2,17,18,19)/t7-,9-,10-,11-/m1/s1. The van der Waals surface area contributed by atoms with Crippen molar-refractivity contribution in [2.24, 2.45) is 10.7 Å². The molecule has 1 fully saturated rings. The lowest BCUT2D eigenvalue weighted by molar-refractivity contribution is -0.0571. The lowest BCUT2D eigenvalue weighted by Gasteiger charge is -2.35. The van der Waals surface area contributed by atoms with Crippen LogP contribution in [0.3, 0.4) is 0 Å². The molecule has 2 unspecified atom stereocenters. The molecule has 19 heteroatoms. The van der Waals surface area contributed by atoms with Crippen molar-refractivity contribution < 1.29 is 56.3 Å². The van der Waals surface area contributed by atoms with Gasteiger partial charge in [-0.3, -0.25) is 4.52 Å². The molecule has 0 spiro atoms. The van der Waals surface area contributed by atoms with Crippen LogP contribution in [0.1, 0.15) is 6.92 Å². The fourth-order valence-corrected chi connectivity index (χ4v) is 5.85. The average molecular weight is 514 g/mol. The highest BCUT2D eigenvalue weighted by Gasteiger charge is 2.55. The van der Waals surface area contributed by atoms with Gasteiger partial charge in [-0.1, -0.05) is 6.58 Å². The van der Waals surface area contributed by atoms with Crippen LogP contribution < -0.4 is 5.73 Å².